The van der Waals surface area contributed by atoms with E-state index < -0.39 is 30.1 Å². The van der Waals surface area contributed by atoms with Crippen molar-refractivity contribution in [2.75, 3.05) is 20.3 Å². The molecule has 1 aliphatic rings. The van der Waals surface area contributed by atoms with Crippen molar-refractivity contribution in [3.63, 3.8) is 0 Å². The Bertz CT molecular complexity index is 976. The van der Waals surface area contributed by atoms with Crippen LogP contribution in [0.25, 0.3) is 11.1 Å². The summed E-state index contributed by atoms with van der Waals surface area (Å²) in [6.07, 6.45) is -0.972. The average Bonchev–Trinajstić information content (AvgIpc) is 3.13. The van der Waals surface area contributed by atoms with Crippen LogP contribution in [0.3, 0.4) is 0 Å². The predicted octanol–water partition coefficient (Wildman–Crippen LogP) is 3.55. The van der Waals surface area contributed by atoms with E-state index in [-0.39, 0.29) is 31.4 Å². The molecule has 34 heavy (non-hydrogen) atoms. The third-order valence-corrected chi connectivity index (χ3v) is 5.90. The van der Waals surface area contributed by atoms with E-state index in [1.165, 1.54) is 7.11 Å². The maximum atomic E-state index is 12.4. The number of carboxylic acids is 1. The maximum Gasteiger partial charge on any atom is 0.407 e. The number of nitrogens with one attached hydrogen (secondary N) is 2. The van der Waals surface area contributed by atoms with Gasteiger partial charge in [-0.1, -0.05) is 62.4 Å². The summed E-state index contributed by atoms with van der Waals surface area (Å²) in [5, 5.41) is 14.4. The number of hydrogen-bond donors (Lipinski definition) is 3. The lowest BCUT2D eigenvalue weighted by Gasteiger charge is -2.20. The van der Waals surface area contributed by atoms with Crippen LogP contribution in [0, 0.1) is 5.92 Å². The zero-order valence-corrected chi connectivity index (χ0v) is 19.7. The highest BCUT2D eigenvalue weighted by atomic mass is 16.5. The van der Waals surface area contributed by atoms with Crippen molar-refractivity contribution in [1.82, 2.24) is 10.6 Å². The lowest BCUT2D eigenvalue weighted by Crippen LogP contribution is -2.44. The normalized spacial score (nSPS) is 14.1. The summed E-state index contributed by atoms with van der Waals surface area (Å²) in [6.45, 7) is 4.02. The first-order valence-corrected chi connectivity index (χ1v) is 11.4. The maximum absolute atomic E-state index is 12.4. The summed E-state index contributed by atoms with van der Waals surface area (Å²) in [5.41, 5.74) is 4.54. The summed E-state index contributed by atoms with van der Waals surface area (Å²) in [6, 6.07) is 15.2. The number of fused-ring (bicyclic) bond motifs is 3. The highest BCUT2D eigenvalue weighted by Gasteiger charge is 2.29. The number of aliphatic carboxylic acids is 1. The Balaban J connectivity index is 1.50. The van der Waals surface area contributed by atoms with Crippen molar-refractivity contribution < 1.29 is 29.0 Å². The van der Waals surface area contributed by atoms with E-state index in [1.54, 1.807) is 0 Å². The molecule has 3 N–H and O–H groups in total. The Kier molecular flexibility index (Phi) is 8.65. The number of rotatable bonds is 11. The van der Waals surface area contributed by atoms with E-state index in [4.69, 9.17) is 9.47 Å². The summed E-state index contributed by atoms with van der Waals surface area (Å²) in [7, 11) is 1.43. The number of benzene rings is 2. The SMILES string of the molecule is COC(CNC(=O)OCC1c2ccccc2-c2ccccc21)CC(=O)N[C@H](CC(C)C)C(=O)O. The van der Waals surface area contributed by atoms with Crippen LogP contribution in [0.4, 0.5) is 4.79 Å². The van der Waals surface area contributed by atoms with Gasteiger partial charge in [0.2, 0.25) is 5.91 Å². The molecule has 0 fully saturated rings. The molecule has 8 nitrogen and oxygen atoms in total. The van der Waals surface area contributed by atoms with E-state index in [9.17, 15) is 19.5 Å². The van der Waals surface area contributed by atoms with Gasteiger partial charge in [0.1, 0.15) is 12.6 Å². The van der Waals surface area contributed by atoms with Gasteiger partial charge in [-0.2, -0.15) is 0 Å². The van der Waals surface area contributed by atoms with Crippen molar-refractivity contribution in [2.45, 2.75) is 44.8 Å². The average molecular weight is 469 g/mol. The smallest absolute Gasteiger partial charge is 0.407 e. The minimum atomic E-state index is -1.08. The molecule has 0 aliphatic heterocycles. The molecule has 2 aromatic carbocycles. The second-order valence-corrected chi connectivity index (χ2v) is 8.86. The van der Waals surface area contributed by atoms with Crippen LogP contribution in [-0.4, -0.2) is 55.5 Å². The van der Waals surface area contributed by atoms with Gasteiger partial charge in [0, 0.05) is 19.6 Å². The molecule has 8 heteroatoms. The molecule has 1 aliphatic carbocycles. The molecular weight excluding hydrogens is 436 g/mol. The summed E-state index contributed by atoms with van der Waals surface area (Å²) < 4.78 is 10.8. The topological polar surface area (TPSA) is 114 Å². The van der Waals surface area contributed by atoms with E-state index in [0.29, 0.717) is 6.42 Å². The Hall–Kier alpha value is -3.39. The molecule has 182 valence electrons. The van der Waals surface area contributed by atoms with Crippen molar-refractivity contribution in [3.8, 4) is 11.1 Å². The van der Waals surface area contributed by atoms with Gasteiger partial charge in [-0.15, -0.1) is 0 Å². The van der Waals surface area contributed by atoms with E-state index >= 15 is 0 Å². The van der Waals surface area contributed by atoms with Crippen LogP contribution in [0.15, 0.2) is 48.5 Å². The molecule has 3 rings (SSSR count). The van der Waals surface area contributed by atoms with Gasteiger partial charge in [-0.3, -0.25) is 4.79 Å². The number of methoxy groups -OCH3 is 1. The van der Waals surface area contributed by atoms with Crippen molar-refractivity contribution in [3.05, 3.63) is 59.7 Å². The van der Waals surface area contributed by atoms with Crippen LogP contribution >= 0.6 is 0 Å². The van der Waals surface area contributed by atoms with Gasteiger partial charge in [0.25, 0.3) is 0 Å². The molecule has 0 bridgehead atoms. The molecule has 1 unspecified atom stereocenters. The number of carboxylic acid groups (broad SMARTS) is 1. The third-order valence-electron chi connectivity index (χ3n) is 5.90. The van der Waals surface area contributed by atoms with Crippen molar-refractivity contribution in [2.24, 2.45) is 5.92 Å². The van der Waals surface area contributed by atoms with Crippen LogP contribution in [0.5, 0.6) is 0 Å². The molecular formula is C26H32N2O6. The number of carbonyl (C=O) groups excluding carboxylic acids is 2. The van der Waals surface area contributed by atoms with Gasteiger partial charge in [0.15, 0.2) is 0 Å². The first-order valence-electron chi connectivity index (χ1n) is 11.4. The molecule has 0 spiro atoms. The molecule has 2 atom stereocenters. The van der Waals surface area contributed by atoms with Gasteiger partial charge >= 0.3 is 12.1 Å². The van der Waals surface area contributed by atoms with E-state index in [2.05, 4.69) is 22.8 Å². The number of carbonyl (C=O) groups is 3. The van der Waals surface area contributed by atoms with E-state index in [1.807, 2.05) is 50.2 Å². The third kappa shape index (κ3) is 6.35. The van der Waals surface area contributed by atoms with Gasteiger partial charge in [-0.25, -0.2) is 9.59 Å². The highest BCUT2D eigenvalue weighted by molar-refractivity contribution is 5.84. The zero-order valence-electron chi connectivity index (χ0n) is 19.7. The summed E-state index contributed by atoms with van der Waals surface area (Å²) in [4.78, 5) is 36.0. The van der Waals surface area contributed by atoms with Gasteiger partial charge < -0.3 is 25.2 Å². The molecule has 0 heterocycles. The largest absolute Gasteiger partial charge is 0.480 e. The lowest BCUT2D eigenvalue weighted by molar-refractivity contribution is -0.142. The van der Waals surface area contributed by atoms with Crippen LogP contribution in [0.2, 0.25) is 0 Å². The first-order chi connectivity index (χ1) is 16.3. The number of alkyl carbamates (subject to hydrolysis) is 1. The second-order valence-electron chi connectivity index (χ2n) is 8.86. The molecule has 2 aromatic rings. The first kappa shape index (κ1) is 25.2. The number of hydrogen-bond acceptors (Lipinski definition) is 5. The van der Waals surface area contributed by atoms with Crippen molar-refractivity contribution in [1.29, 1.82) is 0 Å². The van der Waals surface area contributed by atoms with Crippen molar-refractivity contribution >= 4 is 18.0 Å². The Morgan fingerprint density at radius 2 is 1.59 bits per heavy atom. The Morgan fingerprint density at radius 1 is 1.00 bits per heavy atom. The van der Waals surface area contributed by atoms with E-state index in [0.717, 1.165) is 22.3 Å². The second kappa shape index (κ2) is 11.7. The highest BCUT2D eigenvalue weighted by Crippen LogP contribution is 2.44. The fourth-order valence-electron chi connectivity index (χ4n) is 4.24. The lowest BCUT2D eigenvalue weighted by atomic mass is 9.98. The molecule has 0 saturated heterocycles. The quantitative estimate of drug-likeness (QED) is 0.465. The van der Waals surface area contributed by atoms with Crippen LogP contribution in [-0.2, 0) is 19.1 Å². The minimum absolute atomic E-state index is 0.0453. The summed E-state index contributed by atoms with van der Waals surface area (Å²) >= 11 is 0. The van der Waals surface area contributed by atoms with Crippen LogP contribution < -0.4 is 10.6 Å². The number of ether oxygens (including phenoxy) is 2. The predicted molar refractivity (Wildman–Crippen MR) is 128 cm³/mol. The Labute approximate surface area is 199 Å². The standard InChI is InChI=1S/C26H32N2O6/c1-16(2)12-23(25(30)31)28-24(29)13-17(33-3)14-27-26(32)34-15-22-20-10-6-4-8-18(20)19-9-5-7-11-21(19)22/h4-11,16-17,22-23H,12-15H2,1-3H3,(H,27,32)(H,28,29)(H,30,31)/t17?,23-/m1/s1. The zero-order chi connectivity index (χ0) is 24.7. The fourth-order valence-corrected chi connectivity index (χ4v) is 4.24. The molecule has 0 radical (unpaired) electrons. The van der Waals surface area contributed by atoms with Gasteiger partial charge in [0.05, 0.1) is 12.5 Å². The Morgan fingerprint density at radius 3 is 2.12 bits per heavy atom. The fraction of sp³-hybridized carbons (Fsp3) is 0.423. The number of amides is 2. The molecule has 0 saturated carbocycles. The molecule has 0 aromatic heterocycles. The van der Waals surface area contributed by atoms with Gasteiger partial charge in [-0.05, 0) is 34.6 Å². The van der Waals surface area contributed by atoms with Crippen LogP contribution in [0.1, 0.15) is 43.7 Å². The monoisotopic (exact) mass is 468 g/mol. The summed E-state index contributed by atoms with van der Waals surface area (Å²) in [5.74, 6) is -1.45. The minimum Gasteiger partial charge on any atom is -0.480 e. The molecule has 2 amide bonds.